The van der Waals surface area contributed by atoms with Crippen molar-refractivity contribution in [3.8, 4) is 0 Å². The quantitative estimate of drug-likeness (QED) is 0.688. The minimum Gasteiger partial charge on any atom is -0.393 e. The molecule has 3 unspecified atom stereocenters. The first-order valence-electron chi connectivity index (χ1n) is 7.35. The molecule has 0 aliphatic carbocycles. The van der Waals surface area contributed by atoms with E-state index in [0.717, 1.165) is 32.1 Å². The molecule has 0 radical (unpaired) electrons. The molecule has 0 spiro atoms. The summed E-state index contributed by atoms with van der Waals surface area (Å²) in [7, 11) is 0. The van der Waals surface area contributed by atoms with Crippen LogP contribution in [0.25, 0.3) is 0 Å². The minimum atomic E-state index is -0.116. The molecule has 0 aromatic heterocycles. The van der Waals surface area contributed by atoms with Gasteiger partial charge in [0.1, 0.15) is 0 Å². The van der Waals surface area contributed by atoms with E-state index in [2.05, 4.69) is 13.8 Å². The van der Waals surface area contributed by atoms with E-state index in [4.69, 9.17) is 15.3 Å². The van der Waals surface area contributed by atoms with Crippen molar-refractivity contribution in [2.75, 3.05) is 0 Å². The first-order valence-corrected chi connectivity index (χ1v) is 7.35. The Balaban J connectivity index is -0.000000190. The largest absolute Gasteiger partial charge is 0.393 e. The van der Waals surface area contributed by atoms with Crippen LogP contribution in [0.2, 0.25) is 0 Å². The van der Waals surface area contributed by atoms with E-state index >= 15 is 0 Å². The predicted molar refractivity (Wildman–Crippen MR) is 79.8 cm³/mol. The first-order chi connectivity index (χ1) is 8.31. The molecule has 3 atom stereocenters. The van der Waals surface area contributed by atoms with Crippen LogP contribution in [-0.2, 0) is 0 Å². The van der Waals surface area contributed by atoms with Crippen LogP contribution in [0.3, 0.4) is 0 Å². The Morgan fingerprint density at radius 2 is 1.06 bits per heavy atom. The van der Waals surface area contributed by atoms with Crippen molar-refractivity contribution in [1.29, 1.82) is 0 Å². The highest BCUT2D eigenvalue weighted by Gasteiger charge is 1.90. The van der Waals surface area contributed by atoms with Gasteiger partial charge in [0.25, 0.3) is 0 Å². The van der Waals surface area contributed by atoms with Gasteiger partial charge in [0, 0.05) is 0 Å². The van der Waals surface area contributed by atoms with Gasteiger partial charge in [0.15, 0.2) is 0 Å². The third-order valence-electron chi connectivity index (χ3n) is 2.27. The van der Waals surface area contributed by atoms with Crippen LogP contribution in [-0.4, -0.2) is 33.6 Å². The highest BCUT2D eigenvalue weighted by atomic mass is 16.3. The van der Waals surface area contributed by atoms with Crippen LogP contribution in [0, 0.1) is 0 Å². The van der Waals surface area contributed by atoms with Crippen molar-refractivity contribution >= 4 is 0 Å². The molecule has 0 aliphatic heterocycles. The zero-order valence-electron chi connectivity index (χ0n) is 13.3. The Labute approximate surface area is 114 Å². The molecule has 114 valence electrons. The SMILES string of the molecule is CCC(C)O.CCCC(C)O.CCCCC(C)O. The standard InChI is InChI=1S/C6H14O.C5H12O.C4H10O/c1-3-4-5-6(2)7;1-3-4-5(2)6;1-3-4(2)5/h6-7H,3-5H2,1-2H3;5-6H,3-4H2,1-2H3;4-5H,3H2,1-2H3. The van der Waals surface area contributed by atoms with Crippen molar-refractivity contribution in [1.82, 2.24) is 0 Å². The van der Waals surface area contributed by atoms with Crippen molar-refractivity contribution in [2.24, 2.45) is 0 Å². The minimum absolute atomic E-state index is 0.0973. The fourth-order valence-electron chi connectivity index (χ4n) is 0.917. The van der Waals surface area contributed by atoms with Crippen LogP contribution in [0.4, 0.5) is 0 Å². The highest BCUT2D eigenvalue weighted by Crippen LogP contribution is 1.97. The fourth-order valence-corrected chi connectivity index (χ4v) is 0.917. The van der Waals surface area contributed by atoms with Crippen molar-refractivity contribution < 1.29 is 15.3 Å². The Morgan fingerprint density at radius 3 is 1.11 bits per heavy atom. The Hall–Kier alpha value is -0.120. The van der Waals surface area contributed by atoms with E-state index in [9.17, 15) is 0 Å². The van der Waals surface area contributed by atoms with Gasteiger partial charge in [-0.3, -0.25) is 0 Å². The molecule has 3 heteroatoms. The molecular formula is C15H36O3. The van der Waals surface area contributed by atoms with Crippen LogP contribution in [0.15, 0.2) is 0 Å². The summed E-state index contributed by atoms with van der Waals surface area (Å²) in [5.41, 5.74) is 0. The van der Waals surface area contributed by atoms with Gasteiger partial charge < -0.3 is 15.3 Å². The van der Waals surface area contributed by atoms with Gasteiger partial charge in [0.05, 0.1) is 18.3 Å². The molecule has 3 nitrogen and oxygen atoms in total. The third-order valence-corrected chi connectivity index (χ3v) is 2.27. The number of rotatable bonds is 6. The van der Waals surface area contributed by atoms with E-state index in [-0.39, 0.29) is 18.3 Å². The van der Waals surface area contributed by atoms with Crippen molar-refractivity contribution in [2.45, 2.75) is 98.4 Å². The second kappa shape index (κ2) is 19.2. The lowest BCUT2D eigenvalue weighted by Crippen LogP contribution is -1.97. The summed E-state index contributed by atoms with van der Waals surface area (Å²) >= 11 is 0. The van der Waals surface area contributed by atoms with Gasteiger partial charge in [0.2, 0.25) is 0 Å². The average molecular weight is 264 g/mol. The lowest BCUT2D eigenvalue weighted by atomic mass is 10.2. The summed E-state index contributed by atoms with van der Waals surface area (Å²) in [6, 6.07) is 0. The molecule has 0 amide bonds. The number of unbranched alkanes of at least 4 members (excludes halogenated alkanes) is 1. The van der Waals surface area contributed by atoms with E-state index in [0.29, 0.717) is 0 Å². The lowest BCUT2D eigenvalue weighted by Gasteiger charge is -1.98. The summed E-state index contributed by atoms with van der Waals surface area (Å²) < 4.78 is 0. The topological polar surface area (TPSA) is 60.7 Å². The predicted octanol–water partition coefficient (Wildman–Crippen LogP) is 3.50. The number of aliphatic hydroxyl groups is 3. The van der Waals surface area contributed by atoms with Crippen LogP contribution >= 0.6 is 0 Å². The second-order valence-corrected chi connectivity index (χ2v) is 4.89. The van der Waals surface area contributed by atoms with Gasteiger partial charge in [-0.05, 0) is 40.0 Å². The Morgan fingerprint density at radius 1 is 0.667 bits per heavy atom. The summed E-state index contributed by atoms with van der Waals surface area (Å²) in [5.74, 6) is 0. The van der Waals surface area contributed by atoms with E-state index in [1.165, 1.54) is 6.42 Å². The number of hydrogen-bond acceptors (Lipinski definition) is 3. The molecule has 0 rings (SSSR count). The molecule has 0 aliphatic rings. The smallest absolute Gasteiger partial charge is 0.0512 e. The second-order valence-electron chi connectivity index (χ2n) is 4.89. The van der Waals surface area contributed by atoms with Gasteiger partial charge >= 0.3 is 0 Å². The zero-order valence-corrected chi connectivity index (χ0v) is 13.3. The molecular weight excluding hydrogens is 228 g/mol. The molecule has 0 fully saturated rings. The highest BCUT2D eigenvalue weighted by molar-refractivity contribution is 4.43. The van der Waals surface area contributed by atoms with E-state index in [1.54, 1.807) is 6.92 Å². The molecule has 0 aromatic carbocycles. The Bertz CT molecular complexity index is 123. The maximum atomic E-state index is 8.68. The maximum absolute atomic E-state index is 8.68. The molecule has 3 N–H and O–H groups in total. The van der Waals surface area contributed by atoms with Crippen molar-refractivity contribution in [3.63, 3.8) is 0 Å². The summed E-state index contributed by atoms with van der Waals surface area (Å²) in [5, 5.41) is 25.6. The summed E-state index contributed by atoms with van der Waals surface area (Å²) in [6.45, 7) is 11.6. The third kappa shape index (κ3) is 44.6. The summed E-state index contributed by atoms with van der Waals surface area (Å²) in [4.78, 5) is 0. The monoisotopic (exact) mass is 264 g/mol. The molecule has 0 saturated carbocycles. The maximum Gasteiger partial charge on any atom is 0.0512 e. The van der Waals surface area contributed by atoms with Crippen LogP contribution in [0.5, 0.6) is 0 Å². The summed E-state index contributed by atoms with van der Waals surface area (Å²) in [6.07, 6.45) is 5.85. The van der Waals surface area contributed by atoms with Gasteiger partial charge in [-0.15, -0.1) is 0 Å². The normalized spacial score (nSPS) is 14.5. The molecule has 0 saturated heterocycles. The number of hydrogen-bond donors (Lipinski definition) is 3. The van der Waals surface area contributed by atoms with Crippen LogP contribution < -0.4 is 0 Å². The van der Waals surface area contributed by atoms with Gasteiger partial charge in [-0.25, -0.2) is 0 Å². The average Bonchev–Trinajstić information content (AvgIpc) is 2.27. The molecule has 0 heterocycles. The molecule has 18 heavy (non-hydrogen) atoms. The lowest BCUT2D eigenvalue weighted by molar-refractivity contribution is 0.181. The Kier molecular flexibility index (Phi) is 24.6. The molecule has 0 bridgehead atoms. The fraction of sp³-hybridized carbons (Fsp3) is 1.00. The van der Waals surface area contributed by atoms with Gasteiger partial charge in [-0.2, -0.15) is 0 Å². The van der Waals surface area contributed by atoms with Gasteiger partial charge in [-0.1, -0.05) is 40.0 Å². The van der Waals surface area contributed by atoms with Crippen molar-refractivity contribution in [3.05, 3.63) is 0 Å². The van der Waals surface area contributed by atoms with E-state index < -0.39 is 0 Å². The zero-order chi connectivity index (χ0) is 15.0. The number of aliphatic hydroxyl groups excluding tert-OH is 3. The van der Waals surface area contributed by atoms with Crippen LogP contribution in [0.1, 0.15) is 80.1 Å². The van der Waals surface area contributed by atoms with E-state index in [1.807, 2.05) is 20.8 Å². The first kappa shape index (κ1) is 23.0. The molecule has 0 aromatic rings.